The van der Waals surface area contributed by atoms with Crippen molar-refractivity contribution >= 4 is 5.97 Å². The molecule has 0 saturated carbocycles. The first kappa shape index (κ1) is 55.1. The monoisotopic (exact) mass is 871 g/mol. The van der Waals surface area contributed by atoms with Gasteiger partial charge in [-0.2, -0.15) is 0 Å². The molecule has 2 aliphatic rings. The van der Waals surface area contributed by atoms with Gasteiger partial charge in [0.2, 0.25) is 0 Å². The van der Waals surface area contributed by atoms with Gasteiger partial charge in [0.25, 0.3) is 0 Å². The lowest BCUT2D eigenvalue weighted by atomic mass is 9.98. The van der Waals surface area contributed by atoms with Crippen molar-refractivity contribution in [1.29, 1.82) is 0 Å². The van der Waals surface area contributed by atoms with E-state index in [0.717, 1.165) is 83.5 Å². The Hall–Kier alpha value is -2.05. The van der Waals surface area contributed by atoms with Gasteiger partial charge in [0.05, 0.1) is 26.4 Å². The number of aliphatic hydroxyl groups is 7. The maximum absolute atomic E-state index is 12.9. The van der Waals surface area contributed by atoms with Crippen molar-refractivity contribution in [3.8, 4) is 0 Å². The highest BCUT2D eigenvalue weighted by molar-refractivity contribution is 5.69. The second-order valence-corrected chi connectivity index (χ2v) is 16.2. The molecule has 0 radical (unpaired) electrons. The number of allylic oxidation sites excluding steroid dienone is 8. The summed E-state index contributed by atoms with van der Waals surface area (Å²) in [5.41, 5.74) is 0. The van der Waals surface area contributed by atoms with Gasteiger partial charge in [0, 0.05) is 13.0 Å². The van der Waals surface area contributed by atoms with Crippen LogP contribution in [0.25, 0.3) is 0 Å². The zero-order chi connectivity index (χ0) is 44.5. The fraction of sp³-hybridized carbons (Fsp3) is 0.809. The van der Waals surface area contributed by atoms with Crippen molar-refractivity contribution in [2.45, 2.75) is 210 Å². The summed E-state index contributed by atoms with van der Waals surface area (Å²) in [6.45, 7) is 3.50. The molecule has 2 heterocycles. The van der Waals surface area contributed by atoms with Crippen LogP contribution in [0.5, 0.6) is 0 Å². The number of unbranched alkanes of at least 4 members (excludes halogenated alkanes) is 13. The summed E-state index contributed by atoms with van der Waals surface area (Å²) < 4.78 is 34.1. The van der Waals surface area contributed by atoms with E-state index in [4.69, 9.17) is 28.4 Å². The predicted octanol–water partition coefficient (Wildman–Crippen LogP) is 5.62. The van der Waals surface area contributed by atoms with Gasteiger partial charge in [-0.05, 0) is 51.4 Å². The maximum atomic E-state index is 12.9. The molecule has 0 aliphatic carbocycles. The second-order valence-electron chi connectivity index (χ2n) is 16.2. The van der Waals surface area contributed by atoms with Gasteiger partial charge in [0.1, 0.15) is 54.9 Å². The minimum absolute atomic E-state index is 0.0547. The molecule has 14 heteroatoms. The zero-order valence-electron chi connectivity index (χ0n) is 37.1. The third kappa shape index (κ3) is 24.0. The van der Waals surface area contributed by atoms with Gasteiger partial charge in [-0.1, -0.05) is 133 Å². The van der Waals surface area contributed by atoms with Gasteiger partial charge >= 0.3 is 5.97 Å². The van der Waals surface area contributed by atoms with E-state index in [1.54, 1.807) is 0 Å². The number of rotatable bonds is 35. The number of hydrogen-bond donors (Lipinski definition) is 7. The molecule has 11 unspecified atom stereocenters. The highest BCUT2D eigenvalue weighted by Crippen LogP contribution is 2.26. The van der Waals surface area contributed by atoms with Crippen LogP contribution in [0.3, 0.4) is 0 Å². The summed E-state index contributed by atoms with van der Waals surface area (Å²) >= 11 is 0. The van der Waals surface area contributed by atoms with E-state index in [1.807, 2.05) is 0 Å². The van der Waals surface area contributed by atoms with Gasteiger partial charge < -0.3 is 64.2 Å². The normalized spacial score (nSPS) is 27.9. The highest BCUT2D eigenvalue weighted by Gasteiger charge is 2.47. The van der Waals surface area contributed by atoms with Gasteiger partial charge in [-0.3, -0.25) is 4.79 Å². The number of carbonyl (C=O) groups is 1. The number of ether oxygens (including phenoxy) is 6. The highest BCUT2D eigenvalue weighted by atomic mass is 16.7. The lowest BCUT2D eigenvalue weighted by Gasteiger charge is -2.42. The Morgan fingerprint density at radius 1 is 0.557 bits per heavy atom. The van der Waals surface area contributed by atoms with E-state index in [0.29, 0.717) is 13.0 Å². The van der Waals surface area contributed by atoms with Crippen LogP contribution in [0.2, 0.25) is 0 Å². The second kappa shape index (κ2) is 35.3. The van der Waals surface area contributed by atoms with Crippen LogP contribution in [0.4, 0.5) is 0 Å². The van der Waals surface area contributed by atoms with Crippen molar-refractivity contribution in [3.63, 3.8) is 0 Å². The third-order valence-electron chi connectivity index (χ3n) is 10.9. The molecule has 2 saturated heterocycles. The Morgan fingerprint density at radius 3 is 1.67 bits per heavy atom. The molecule has 11 atom stereocenters. The first-order chi connectivity index (χ1) is 29.6. The molecule has 7 N–H and O–H groups in total. The van der Waals surface area contributed by atoms with Crippen molar-refractivity contribution in [1.82, 2.24) is 0 Å². The van der Waals surface area contributed by atoms with Crippen molar-refractivity contribution in [2.24, 2.45) is 0 Å². The molecular weight excluding hydrogens is 789 g/mol. The Bertz CT molecular complexity index is 1190. The summed E-state index contributed by atoms with van der Waals surface area (Å²) in [5, 5.41) is 71.8. The molecule has 2 fully saturated rings. The molecule has 0 amide bonds. The van der Waals surface area contributed by atoms with Crippen LogP contribution in [-0.2, 0) is 33.2 Å². The Labute approximate surface area is 365 Å². The fourth-order valence-electron chi connectivity index (χ4n) is 7.04. The lowest BCUT2D eigenvalue weighted by Crippen LogP contribution is -2.61. The molecule has 0 aromatic carbocycles. The van der Waals surface area contributed by atoms with Gasteiger partial charge in [-0.25, -0.2) is 0 Å². The zero-order valence-corrected chi connectivity index (χ0v) is 37.1. The van der Waals surface area contributed by atoms with Crippen LogP contribution < -0.4 is 0 Å². The van der Waals surface area contributed by atoms with Crippen LogP contribution in [0, 0.1) is 0 Å². The standard InChI is InChI=1S/C47H82O14/c1-3-5-7-9-11-13-14-15-16-17-18-19-20-21-22-23-24-26-28-30-39(49)59-36(33-56-31-29-27-25-12-10-8-6-4-2)34-57-46-45(55)43(53)41(51)38(61-46)35-58-47-44(54)42(52)40(50)37(32-48)60-47/h5,7,11,13,15-16,18-19,36-38,40-48,50-55H,3-4,6,8-10,12,14,17,20-35H2,1-2H3/b7-5-,13-11-,16-15-,19-18-. The summed E-state index contributed by atoms with van der Waals surface area (Å²) in [7, 11) is 0. The van der Waals surface area contributed by atoms with Crippen LogP contribution in [0.15, 0.2) is 48.6 Å². The van der Waals surface area contributed by atoms with Gasteiger partial charge in [-0.15, -0.1) is 0 Å². The van der Waals surface area contributed by atoms with E-state index in [1.165, 1.54) is 32.1 Å². The molecule has 0 aromatic heterocycles. The quantitative estimate of drug-likeness (QED) is 0.0234. The smallest absolute Gasteiger partial charge is 0.306 e. The topological polar surface area (TPSA) is 214 Å². The SMILES string of the molecule is CC/C=C\C/C=C\C/C=C\C/C=C\CCCCCCCCC(=O)OC(COCCCCCCCCCC)COC1OC(COC2OC(CO)C(O)C(O)C2O)C(O)C(O)C1O. The molecule has 2 aliphatic heterocycles. The van der Waals surface area contributed by atoms with E-state index in [9.17, 15) is 40.5 Å². The number of aliphatic hydroxyl groups excluding tert-OH is 7. The summed E-state index contributed by atoms with van der Waals surface area (Å²) in [6, 6.07) is 0. The Morgan fingerprint density at radius 2 is 1.07 bits per heavy atom. The van der Waals surface area contributed by atoms with Crippen molar-refractivity contribution < 1.29 is 69.0 Å². The van der Waals surface area contributed by atoms with Gasteiger partial charge in [0.15, 0.2) is 12.6 Å². The first-order valence-electron chi connectivity index (χ1n) is 23.2. The molecule has 0 bridgehead atoms. The average Bonchev–Trinajstić information content (AvgIpc) is 3.25. The number of carbonyl (C=O) groups excluding carboxylic acids is 1. The lowest BCUT2D eigenvalue weighted by molar-refractivity contribution is -0.332. The average molecular weight is 871 g/mol. The van der Waals surface area contributed by atoms with Crippen LogP contribution in [0.1, 0.15) is 142 Å². The predicted molar refractivity (Wildman–Crippen MR) is 233 cm³/mol. The fourth-order valence-corrected chi connectivity index (χ4v) is 7.04. The van der Waals surface area contributed by atoms with Crippen molar-refractivity contribution in [3.05, 3.63) is 48.6 Å². The number of hydrogen-bond acceptors (Lipinski definition) is 14. The minimum Gasteiger partial charge on any atom is -0.457 e. The molecule has 14 nitrogen and oxygen atoms in total. The largest absolute Gasteiger partial charge is 0.457 e. The summed E-state index contributed by atoms with van der Waals surface area (Å²) in [4.78, 5) is 12.9. The Balaban J connectivity index is 1.77. The molecule has 0 aromatic rings. The summed E-state index contributed by atoms with van der Waals surface area (Å²) in [5.74, 6) is -0.394. The van der Waals surface area contributed by atoms with E-state index in [-0.39, 0.29) is 19.6 Å². The van der Waals surface area contributed by atoms with E-state index in [2.05, 4.69) is 62.5 Å². The first-order valence-corrected chi connectivity index (χ1v) is 23.2. The van der Waals surface area contributed by atoms with Crippen LogP contribution >= 0.6 is 0 Å². The third-order valence-corrected chi connectivity index (χ3v) is 10.9. The van der Waals surface area contributed by atoms with E-state index >= 15 is 0 Å². The van der Waals surface area contributed by atoms with E-state index < -0.39 is 86.7 Å². The van der Waals surface area contributed by atoms with Crippen molar-refractivity contribution in [2.75, 3.05) is 33.0 Å². The molecule has 61 heavy (non-hydrogen) atoms. The maximum Gasteiger partial charge on any atom is 0.306 e. The Kier molecular flexibility index (Phi) is 31.9. The number of esters is 1. The molecule has 2 rings (SSSR count). The summed E-state index contributed by atoms with van der Waals surface area (Å²) in [6.07, 6.45) is 21.9. The minimum atomic E-state index is -1.71. The molecule has 0 spiro atoms. The molecule has 354 valence electrons. The molecular formula is C47H82O14. The van der Waals surface area contributed by atoms with Crippen LogP contribution in [-0.4, -0.2) is 142 Å².